The summed E-state index contributed by atoms with van der Waals surface area (Å²) in [6.07, 6.45) is 0. The predicted octanol–water partition coefficient (Wildman–Crippen LogP) is 14.5. The lowest BCUT2D eigenvalue weighted by atomic mass is 9.67. The second-order valence-corrected chi connectivity index (χ2v) is 14.5. The van der Waals surface area contributed by atoms with Crippen LogP contribution in [-0.2, 0) is 5.41 Å². The molecule has 0 saturated carbocycles. The first-order chi connectivity index (χ1) is 27.8. The summed E-state index contributed by atoms with van der Waals surface area (Å²) in [6.45, 7) is 0. The van der Waals surface area contributed by atoms with Gasteiger partial charge in [-0.3, -0.25) is 0 Å². The van der Waals surface area contributed by atoms with E-state index < -0.39 is 5.41 Å². The summed E-state index contributed by atoms with van der Waals surface area (Å²) in [7, 11) is 0. The van der Waals surface area contributed by atoms with E-state index in [1.807, 2.05) is 0 Å². The Morgan fingerprint density at radius 1 is 0.250 bits per heavy atom. The van der Waals surface area contributed by atoms with Crippen LogP contribution in [-0.4, -0.2) is 0 Å². The minimum atomic E-state index is -0.493. The van der Waals surface area contributed by atoms with Crippen LogP contribution < -0.4 is 4.90 Å². The van der Waals surface area contributed by atoms with Crippen molar-refractivity contribution in [3.8, 4) is 44.5 Å². The standard InChI is InChI=1S/C55H39N/c1-4-17-40(18-5-1)42-33-35-48(36-34-42)56(49-27-15-23-45(38-49)44-22-14-21-43(37-44)41-19-6-2-7-20-41)50-28-16-26-47(39-50)55(46-24-8-3-9-25-46)53-31-12-10-29-51(53)52-30-11-13-32-54(52)55/h1-39H. The molecular formula is C55H39N. The predicted molar refractivity (Wildman–Crippen MR) is 235 cm³/mol. The van der Waals surface area contributed by atoms with Crippen LogP contribution in [0.3, 0.4) is 0 Å². The highest BCUT2D eigenvalue weighted by atomic mass is 15.1. The van der Waals surface area contributed by atoms with Crippen LogP contribution in [0, 0.1) is 0 Å². The van der Waals surface area contributed by atoms with Gasteiger partial charge < -0.3 is 4.90 Å². The van der Waals surface area contributed by atoms with Crippen LogP contribution in [0.4, 0.5) is 17.1 Å². The van der Waals surface area contributed by atoms with E-state index in [-0.39, 0.29) is 0 Å². The van der Waals surface area contributed by atoms with Crippen LogP contribution in [0.5, 0.6) is 0 Å². The summed E-state index contributed by atoms with van der Waals surface area (Å²) in [5.74, 6) is 0. The lowest BCUT2D eigenvalue weighted by Gasteiger charge is -2.35. The first-order valence-corrected chi connectivity index (χ1v) is 19.3. The van der Waals surface area contributed by atoms with Gasteiger partial charge in [0.1, 0.15) is 0 Å². The molecule has 0 heterocycles. The number of rotatable bonds is 8. The molecule has 0 N–H and O–H groups in total. The second kappa shape index (κ2) is 14.2. The molecule has 1 aliphatic carbocycles. The van der Waals surface area contributed by atoms with Gasteiger partial charge in [-0.15, -0.1) is 0 Å². The van der Waals surface area contributed by atoms with Crippen molar-refractivity contribution in [2.75, 3.05) is 4.90 Å². The molecule has 0 radical (unpaired) electrons. The first-order valence-electron chi connectivity index (χ1n) is 19.3. The Morgan fingerprint density at radius 2 is 0.661 bits per heavy atom. The fraction of sp³-hybridized carbons (Fsp3) is 0.0182. The van der Waals surface area contributed by atoms with Crippen molar-refractivity contribution < 1.29 is 0 Å². The maximum atomic E-state index is 2.42. The van der Waals surface area contributed by atoms with Gasteiger partial charge in [-0.1, -0.05) is 194 Å². The third-order valence-corrected chi connectivity index (χ3v) is 11.3. The zero-order chi connectivity index (χ0) is 37.3. The maximum Gasteiger partial charge on any atom is 0.0714 e. The number of hydrogen-bond donors (Lipinski definition) is 0. The Morgan fingerprint density at radius 3 is 1.29 bits per heavy atom. The van der Waals surface area contributed by atoms with Gasteiger partial charge in [-0.2, -0.15) is 0 Å². The molecule has 0 spiro atoms. The maximum absolute atomic E-state index is 2.42. The van der Waals surface area contributed by atoms with Crippen LogP contribution in [0.25, 0.3) is 44.5 Å². The van der Waals surface area contributed by atoms with Crippen molar-refractivity contribution >= 4 is 17.1 Å². The average molecular weight is 714 g/mol. The molecule has 0 aliphatic heterocycles. The smallest absolute Gasteiger partial charge is 0.0714 e. The number of fused-ring (bicyclic) bond motifs is 3. The number of benzene rings is 9. The fourth-order valence-corrected chi connectivity index (χ4v) is 8.80. The van der Waals surface area contributed by atoms with Crippen molar-refractivity contribution in [3.63, 3.8) is 0 Å². The Bertz CT molecular complexity index is 2740. The molecular weight excluding hydrogens is 675 g/mol. The third-order valence-electron chi connectivity index (χ3n) is 11.3. The molecule has 0 atom stereocenters. The summed E-state index contributed by atoms with van der Waals surface area (Å²) >= 11 is 0. The molecule has 9 aromatic rings. The minimum Gasteiger partial charge on any atom is -0.310 e. The Hall–Kier alpha value is -7.22. The van der Waals surface area contributed by atoms with E-state index in [2.05, 4.69) is 241 Å². The van der Waals surface area contributed by atoms with Crippen molar-refractivity contribution in [1.82, 2.24) is 0 Å². The van der Waals surface area contributed by atoms with Crippen LogP contribution in [0.2, 0.25) is 0 Å². The zero-order valence-corrected chi connectivity index (χ0v) is 31.0. The van der Waals surface area contributed by atoms with E-state index in [4.69, 9.17) is 0 Å². The van der Waals surface area contributed by atoms with Crippen LogP contribution in [0.1, 0.15) is 22.3 Å². The molecule has 1 heteroatoms. The average Bonchev–Trinajstić information content (AvgIpc) is 3.59. The molecule has 0 unspecified atom stereocenters. The van der Waals surface area contributed by atoms with Crippen molar-refractivity contribution in [2.24, 2.45) is 0 Å². The third kappa shape index (κ3) is 5.73. The molecule has 1 aliphatic rings. The van der Waals surface area contributed by atoms with Gasteiger partial charge in [0, 0.05) is 17.1 Å². The van der Waals surface area contributed by atoms with Gasteiger partial charge in [0.15, 0.2) is 0 Å². The lowest BCUT2D eigenvalue weighted by Crippen LogP contribution is -2.28. The van der Waals surface area contributed by atoms with E-state index in [0.717, 1.165) is 17.1 Å². The summed E-state index contributed by atoms with van der Waals surface area (Å²) in [5.41, 5.74) is 17.6. The van der Waals surface area contributed by atoms with Gasteiger partial charge >= 0.3 is 0 Å². The molecule has 0 saturated heterocycles. The van der Waals surface area contributed by atoms with Gasteiger partial charge in [0.05, 0.1) is 5.41 Å². The van der Waals surface area contributed by atoms with E-state index in [0.29, 0.717) is 0 Å². The normalized spacial score (nSPS) is 12.4. The van der Waals surface area contributed by atoms with Gasteiger partial charge in [0.25, 0.3) is 0 Å². The highest BCUT2D eigenvalue weighted by molar-refractivity contribution is 5.88. The fourth-order valence-electron chi connectivity index (χ4n) is 8.80. The Labute approximate surface area is 329 Å². The molecule has 264 valence electrons. The van der Waals surface area contributed by atoms with Crippen LogP contribution in [0.15, 0.2) is 237 Å². The van der Waals surface area contributed by atoms with Crippen molar-refractivity contribution in [2.45, 2.75) is 5.41 Å². The molecule has 0 fully saturated rings. The molecule has 0 bridgehead atoms. The number of nitrogens with zero attached hydrogens (tertiary/aromatic N) is 1. The summed E-state index contributed by atoms with van der Waals surface area (Å²) in [5, 5.41) is 0. The summed E-state index contributed by atoms with van der Waals surface area (Å²) in [6, 6.07) is 86.2. The molecule has 0 aromatic heterocycles. The Kier molecular flexibility index (Phi) is 8.46. The molecule has 1 nitrogen and oxygen atoms in total. The van der Waals surface area contributed by atoms with Gasteiger partial charge in [0.2, 0.25) is 0 Å². The molecule has 10 rings (SSSR count). The quantitative estimate of drug-likeness (QED) is 0.152. The molecule has 9 aromatic carbocycles. The molecule has 56 heavy (non-hydrogen) atoms. The van der Waals surface area contributed by atoms with Gasteiger partial charge in [-0.05, 0) is 109 Å². The van der Waals surface area contributed by atoms with E-state index in [1.54, 1.807) is 0 Å². The highest BCUT2D eigenvalue weighted by Crippen LogP contribution is 2.56. The van der Waals surface area contributed by atoms with E-state index >= 15 is 0 Å². The Balaban J connectivity index is 1.16. The van der Waals surface area contributed by atoms with Crippen LogP contribution >= 0.6 is 0 Å². The largest absolute Gasteiger partial charge is 0.310 e. The lowest BCUT2D eigenvalue weighted by molar-refractivity contribution is 0.768. The first kappa shape index (κ1) is 33.4. The van der Waals surface area contributed by atoms with Gasteiger partial charge in [-0.25, -0.2) is 0 Å². The summed E-state index contributed by atoms with van der Waals surface area (Å²) in [4.78, 5) is 2.41. The minimum absolute atomic E-state index is 0.493. The summed E-state index contributed by atoms with van der Waals surface area (Å²) < 4.78 is 0. The second-order valence-electron chi connectivity index (χ2n) is 14.5. The highest BCUT2D eigenvalue weighted by Gasteiger charge is 2.46. The zero-order valence-electron chi connectivity index (χ0n) is 31.0. The van der Waals surface area contributed by atoms with Crippen molar-refractivity contribution in [3.05, 3.63) is 259 Å². The monoisotopic (exact) mass is 713 g/mol. The van der Waals surface area contributed by atoms with Crippen molar-refractivity contribution in [1.29, 1.82) is 0 Å². The van der Waals surface area contributed by atoms with E-state index in [1.165, 1.54) is 66.8 Å². The van der Waals surface area contributed by atoms with E-state index in [9.17, 15) is 0 Å². The number of hydrogen-bond acceptors (Lipinski definition) is 1. The molecule has 0 amide bonds. The topological polar surface area (TPSA) is 3.24 Å². The SMILES string of the molecule is c1ccc(-c2ccc(N(c3cccc(-c4cccc(-c5ccccc5)c4)c3)c3cccc(C4(c5ccccc5)c5ccccc5-c5ccccc54)c3)cc2)cc1. The number of anilines is 3.